The average Bonchev–Trinajstić information content (AvgIpc) is 2.17. The van der Waals surface area contributed by atoms with Crippen molar-refractivity contribution in [1.29, 1.82) is 0 Å². The fourth-order valence-electron chi connectivity index (χ4n) is 1.02. The van der Waals surface area contributed by atoms with Crippen molar-refractivity contribution in [2.24, 2.45) is 10.7 Å². The third kappa shape index (κ3) is 1.29. The molecule has 2 N–H and O–H groups in total. The highest BCUT2D eigenvalue weighted by atomic mass is 32.2. The van der Waals surface area contributed by atoms with Gasteiger partial charge in [0.2, 0.25) is 0 Å². The van der Waals surface area contributed by atoms with Gasteiger partial charge in [-0.15, -0.1) is 0 Å². The summed E-state index contributed by atoms with van der Waals surface area (Å²) < 4.78 is 0. The van der Waals surface area contributed by atoms with E-state index in [2.05, 4.69) is 4.99 Å². The second-order valence-electron chi connectivity index (χ2n) is 2.30. The van der Waals surface area contributed by atoms with Gasteiger partial charge in [-0.3, -0.25) is 4.99 Å². The molecule has 2 nitrogen and oxygen atoms in total. The second-order valence-corrected chi connectivity index (χ2v) is 3.46. The van der Waals surface area contributed by atoms with Crippen molar-refractivity contribution in [1.82, 2.24) is 0 Å². The standard InChI is InChI=1S/C8H8N2S/c9-8-10-6-4-2-1-3-5-7(6)11-8/h1-5,8H,9H2. The minimum atomic E-state index is -0.104. The number of nitrogens with two attached hydrogens (primary N) is 1. The van der Waals surface area contributed by atoms with Crippen molar-refractivity contribution < 1.29 is 0 Å². The van der Waals surface area contributed by atoms with Crippen molar-refractivity contribution in [2.75, 3.05) is 0 Å². The fourth-order valence-corrected chi connectivity index (χ4v) is 1.85. The third-order valence-electron chi connectivity index (χ3n) is 1.49. The fraction of sp³-hybridized carbons (Fsp3) is 0.125. The molecule has 0 saturated heterocycles. The number of aliphatic imine (C=N–C) groups is 1. The zero-order valence-electron chi connectivity index (χ0n) is 5.90. The van der Waals surface area contributed by atoms with Crippen molar-refractivity contribution >= 4 is 17.5 Å². The Kier molecular flexibility index (Phi) is 1.68. The lowest BCUT2D eigenvalue weighted by Gasteiger charge is -1.93. The highest BCUT2D eigenvalue weighted by molar-refractivity contribution is 8.05. The molecule has 0 fully saturated rings. The molecule has 11 heavy (non-hydrogen) atoms. The minimum absolute atomic E-state index is 0.104. The van der Waals surface area contributed by atoms with Gasteiger partial charge in [0.15, 0.2) is 0 Å². The van der Waals surface area contributed by atoms with Gasteiger partial charge in [-0.2, -0.15) is 0 Å². The number of rotatable bonds is 0. The predicted octanol–water partition coefficient (Wildman–Crippen LogP) is 1.43. The van der Waals surface area contributed by atoms with Gasteiger partial charge in [0.05, 0.1) is 5.71 Å². The lowest BCUT2D eigenvalue weighted by molar-refractivity contribution is 1.01. The average molecular weight is 164 g/mol. The van der Waals surface area contributed by atoms with Crippen molar-refractivity contribution in [3.63, 3.8) is 0 Å². The van der Waals surface area contributed by atoms with Crippen LogP contribution in [0.3, 0.4) is 0 Å². The number of thioether (sulfide) groups is 1. The first-order valence-electron chi connectivity index (χ1n) is 3.42. The molecule has 0 amide bonds. The lowest BCUT2D eigenvalue weighted by Crippen LogP contribution is -2.07. The van der Waals surface area contributed by atoms with Crippen LogP contribution in [0.1, 0.15) is 0 Å². The molecule has 56 valence electrons. The normalized spacial score (nSPS) is 27.5. The van der Waals surface area contributed by atoms with Gasteiger partial charge >= 0.3 is 0 Å². The SMILES string of the molecule is NC1N=C2C=CC=CC=C2S1. The molecule has 1 aliphatic heterocycles. The Morgan fingerprint density at radius 3 is 3.18 bits per heavy atom. The maximum absolute atomic E-state index is 5.62. The Bertz CT molecular complexity index is 286. The van der Waals surface area contributed by atoms with E-state index >= 15 is 0 Å². The molecule has 0 radical (unpaired) electrons. The number of allylic oxidation sites excluding steroid dienone is 6. The van der Waals surface area contributed by atoms with Gasteiger partial charge < -0.3 is 5.73 Å². The van der Waals surface area contributed by atoms with Crippen LogP contribution in [0.5, 0.6) is 0 Å². The Morgan fingerprint density at radius 1 is 1.36 bits per heavy atom. The Hall–Kier alpha value is -0.800. The highest BCUT2D eigenvalue weighted by Crippen LogP contribution is 2.29. The molecule has 0 spiro atoms. The summed E-state index contributed by atoms with van der Waals surface area (Å²) in [5.41, 5.74) is 6.52. The van der Waals surface area contributed by atoms with E-state index in [9.17, 15) is 0 Å². The minimum Gasteiger partial charge on any atom is -0.301 e. The predicted molar refractivity (Wildman–Crippen MR) is 49.4 cm³/mol. The van der Waals surface area contributed by atoms with E-state index in [4.69, 9.17) is 5.73 Å². The van der Waals surface area contributed by atoms with Crippen LogP contribution in [0.2, 0.25) is 0 Å². The van der Waals surface area contributed by atoms with Crippen molar-refractivity contribution in [2.45, 2.75) is 5.50 Å². The summed E-state index contributed by atoms with van der Waals surface area (Å²) in [5.74, 6) is 0. The summed E-state index contributed by atoms with van der Waals surface area (Å²) in [6, 6.07) is 0. The maximum atomic E-state index is 5.62. The molecule has 3 heteroatoms. The van der Waals surface area contributed by atoms with Crippen LogP contribution in [0.15, 0.2) is 40.3 Å². The smallest absolute Gasteiger partial charge is 0.149 e. The zero-order chi connectivity index (χ0) is 7.68. The van der Waals surface area contributed by atoms with E-state index in [0.717, 1.165) is 5.71 Å². The molecule has 0 saturated carbocycles. The van der Waals surface area contributed by atoms with Crippen LogP contribution in [-0.4, -0.2) is 11.2 Å². The van der Waals surface area contributed by atoms with E-state index in [1.807, 2.05) is 30.4 Å². The van der Waals surface area contributed by atoms with Gasteiger partial charge in [0, 0.05) is 4.91 Å². The van der Waals surface area contributed by atoms with E-state index in [0.29, 0.717) is 0 Å². The van der Waals surface area contributed by atoms with E-state index in [-0.39, 0.29) is 5.50 Å². The molecule has 1 aliphatic carbocycles. The molecular weight excluding hydrogens is 156 g/mol. The van der Waals surface area contributed by atoms with Crippen LogP contribution in [0, 0.1) is 0 Å². The van der Waals surface area contributed by atoms with E-state index in [1.54, 1.807) is 11.8 Å². The van der Waals surface area contributed by atoms with Crippen LogP contribution in [0.4, 0.5) is 0 Å². The van der Waals surface area contributed by atoms with Gasteiger partial charge in [0.1, 0.15) is 5.50 Å². The number of hydrogen-bond acceptors (Lipinski definition) is 3. The highest BCUT2D eigenvalue weighted by Gasteiger charge is 2.17. The van der Waals surface area contributed by atoms with Gasteiger partial charge in [-0.1, -0.05) is 30.0 Å². The maximum Gasteiger partial charge on any atom is 0.149 e. The van der Waals surface area contributed by atoms with E-state index < -0.39 is 0 Å². The molecule has 0 aromatic heterocycles. The first-order valence-corrected chi connectivity index (χ1v) is 4.30. The van der Waals surface area contributed by atoms with Crippen LogP contribution >= 0.6 is 11.8 Å². The lowest BCUT2D eigenvalue weighted by atomic mass is 10.3. The monoisotopic (exact) mass is 164 g/mol. The number of fused-ring (bicyclic) bond motifs is 1. The Morgan fingerprint density at radius 2 is 2.27 bits per heavy atom. The molecule has 2 rings (SSSR count). The van der Waals surface area contributed by atoms with E-state index in [1.165, 1.54) is 4.91 Å². The van der Waals surface area contributed by atoms with Gasteiger partial charge in [0.25, 0.3) is 0 Å². The zero-order valence-corrected chi connectivity index (χ0v) is 6.71. The quantitative estimate of drug-likeness (QED) is 0.588. The summed E-state index contributed by atoms with van der Waals surface area (Å²) in [7, 11) is 0. The summed E-state index contributed by atoms with van der Waals surface area (Å²) >= 11 is 1.60. The Balaban J connectivity index is 2.39. The molecule has 0 bridgehead atoms. The molecule has 1 atom stereocenters. The molecule has 1 heterocycles. The second kappa shape index (κ2) is 2.68. The first-order chi connectivity index (χ1) is 5.36. The molecular formula is C8H8N2S. The summed E-state index contributed by atoms with van der Waals surface area (Å²) in [6.45, 7) is 0. The van der Waals surface area contributed by atoms with Crippen LogP contribution in [-0.2, 0) is 0 Å². The van der Waals surface area contributed by atoms with Gasteiger partial charge in [-0.05, 0) is 12.2 Å². The molecule has 2 aliphatic rings. The molecule has 1 unspecified atom stereocenters. The van der Waals surface area contributed by atoms with Crippen LogP contribution in [0.25, 0.3) is 0 Å². The number of hydrogen-bond donors (Lipinski definition) is 1. The Labute approximate surface area is 69.6 Å². The summed E-state index contributed by atoms with van der Waals surface area (Å²) in [4.78, 5) is 5.40. The van der Waals surface area contributed by atoms with Crippen LogP contribution < -0.4 is 5.73 Å². The number of nitrogens with zero attached hydrogens (tertiary/aromatic N) is 1. The van der Waals surface area contributed by atoms with Crippen molar-refractivity contribution in [3.8, 4) is 0 Å². The summed E-state index contributed by atoms with van der Waals surface area (Å²) in [6.07, 6.45) is 9.98. The van der Waals surface area contributed by atoms with Crippen molar-refractivity contribution in [3.05, 3.63) is 35.3 Å². The summed E-state index contributed by atoms with van der Waals surface area (Å²) in [5, 5.41) is 0. The topological polar surface area (TPSA) is 38.4 Å². The molecule has 0 aromatic rings. The largest absolute Gasteiger partial charge is 0.301 e. The first kappa shape index (κ1) is 6.88. The van der Waals surface area contributed by atoms with Gasteiger partial charge in [-0.25, -0.2) is 0 Å². The molecule has 0 aromatic carbocycles. The third-order valence-corrected chi connectivity index (χ3v) is 2.44.